The topological polar surface area (TPSA) is 68.0 Å². The Bertz CT molecular complexity index is 626. The van der Waals surface area contributed by atoms with Gasteiger partial charge in [0, 0.05) is 0 Å². The zero-order valence-corrected chi connectivity index (χ0v) is 11.8. The van der Waals surface area contributed by atoms with Crippen molar-refractivity contribution in [3.63, 3.8) is 0 Å². The molecule has 0 bridgehead atoms. The summed E-state index contributed by atoms with van der Waals surface area (Å²) in [5.41, 5.74) is 6.82. The Morgan fingerprint density at radius 2 is 2.33 bits per heavy atom. The Labute approximate surface area is 115 Å². The molecule has 3 rings (SSSR count). The second-order valence-electron chi connectivity index (χ2n) is 4.12. The molecule has 1 amide bonds. The summed E-state index contributed by atoms with van der Waals surface area (Å²) in [6.07, 6.45) is 0.434. The third-order valence-corrected chi connectivity index (χ3v) is 5.21. The summed E-state index contributed by atoms with van der Waals surface area (Å²) >= 11 is 6.03. The van der Waals surface area contributed by atoms with Crippen molar-refractivity contribution in [2.75, 3.05) is 11.1 Å². The first-order valence-electron chi connectivity index (χ1n) is 5.45. The summed E-state index contributed by atoms with van der Waals surface area (Å²) in [7, 11) is 0. The van der Waals surface area contributed by atoms with Crippen molar-refractivity contribution in [3.8, 4) is 0 Å². The van der Waals surface area contributed by atoms with E-state index in [1.54, 1.807) is 0 Å². The van der Waals surface area contributed by atoms with E-state index in [1.807, 2.05) is 24.3 Å². The molecule has 2 aromatic rings. The summed E-state index contributed by atoms with van der Waals surface area (Å²) in [4.78, 5) is 15.9. The number of carbonyl (C=O) groups excluding carboxylic acids is 1. The number of nitrogens with two attached hydrogens (primary N) is 1. The Balaban J connectivity index is 2.09. The molecular weight excluding hydrogens is 317 g/mol. The van der Waals surface area contributed by atoms with Crippen LogP contribution in [0.3, 0.4) is 0 Å². The fourth-order valence-electron chi connectivity index (χ4n) is 2.13. The summed E-state index contributed by atoms with van der Waals surface area (Å²) < 4.78 is 1.75. The van der Waals surface area contributed by atoms with Crippen LogP contribution in [0.25, 0.3) is 0 Å². The van der Waals surface area contributed by atoms with Gasteiger partial charge in [-0.3, -0.25) is 0 Å². The Morgan fingerprint density at radius 3 is 3.11 bits per heavy atom. The summed E-state index contributed by atoms with van der Waals surface area (Å²) in [5, 5.41) is 3.46. The monoisotopic (exact) mass is 327 g/mol. The maximum atomic E-state index is 11.7. The summed E-state index contributed by atoms with van der Waals surface area (Å²) in [6, 6.07) is 7.62. The van der Waals surface area contributed by atoms with Crippen molar-refractivity contribution in [2.45, 2.75) is 12.3 Å². The quantitative estimate of drug-likeness (QED) is 0.786. The van der Waals surface area contributed by atoms with Gasteiger partial charge < -0.3 is 0 Å². The molecule has 92 valence electrons. The number of hydrogen-bond donors (Lipinski definition) is 2. The van der Waals surface area contributed by atoms with Gasteiger partial charge in [0.2, 0.25) is 0 Å². The number of hydrogen-bond acceptors (Lipinski definition) is 3. The molecule has 2 heterocycles. The number of rotatable bonds is 1. The number of amides is 1. The van der Waals surface area contributed by atoms with Gasteiger partial charge >= 0.3 is 115 Å². The number of fused-ring (bicyclic) bond motifs is 1. The number of anilines is 2. The number of nitrogens with one attached hydrogen (secondary N) is 1. The first kappa shape index (κ1) is 11.8. The molecule has 0 radical (unpaired) electrons. The number of nitrogen functional groups attached to an aromatic ring is 1. The van der Waals surface area contributed by atoms with E-state index in [0.29, 0.717) is 22.0 Å². The van der Waals surface area contributed by atoms with Crippen LogP contribution in [0.1, 0.15) is 22.3 Å². The van der Waals surface area contributed by atoms with E-state index < -0.39 is 0 Å². The molecule has 0 aliphatic carbocycles. The SMILES string of the molecule is Nc1nc2c([se]1)C(c1cccc(Cl)c1)CC(=O)N2. The first-order chi connectivity index (χ1) is 8.63. The van der Waals surface area contributed by atoms with Crippen LogP contribution >= 0.6 is 11.6 Å². The number of carbonyl (C=O) groups is 1. The van der Waals surface area contributed by atoms with Gasteiger partial charge in [0.05, 0.1) is 0 Å². The predicted molar refractivity (Wildman–Crippen MR) is 72.1 cm³/mol. The van der Waals surface area contributed by atoms with Crippen molar-refractivity contribution < 1.29 is 4.79 Å². The molecule has 3 N–H and O–H groups in total. The van der Waals surface area contributed by atoms with Gasteiger partial charge in [-0.1, -0.05) is 0 Å². The van der Waals surface area contributed by atoms with E-state index in [2.05, 4.69) is 10.3 Å². The van der Waals surface area contributed by atoms with Crippen LogP contribution in [0.5, 0.6) is 0 Å². The van der Waals surface area contributed by atoms with E-state index in [-0.39, 0.29) is 26.3 Å². The number of benzene rings is 1. The van der Waals surface area contributed by atoms with Crippen LogP contribution in [0, 0.1) is 0 Å². The summed E-state index contributed by atoms with van der Waals surface area (Å²) in [6.45, 7) is 0. The van der Waals surface area contributed by atoms with Crippen LogP contribution in [-0.4, -0.2) is 25.4 Å². The van der Waals surface area contributed by atoms with Gasteiger partial charge in [-0.15, -0.1) is 0 Å². The molecule has 0 spiro atoms. The van der Waals surface area contributed by atoms with Crippen molar-refractivity contribution >= 4 is 42.5 Å². The van der Waals surface area contributed by atoms with Gasteiger partial charge in [-0.2, -0.15) is 0 Å². The maximum absolute atomic E-state index is 11.7. The van der Waals surface area contributed by atoms with Crippen molar-refractivity contribution in [2.24, 2.45) is 0 Å². The first-order valence-corrected chi connectivity index (χ1v) is 7.54. The van der Waals surface area contributed by atoms with E-state index >= 15 is 0 Å². The number of aromatic nitrogens is 1. The van der Waals surface area contributed by atoms with Crippen LogP contribution in [0.15, 0.2) is 24.3 Å². The average molecular weight is 327 g/mol. The molecule has 0 saturated heterocycles. The van der Waals surface area contributed by atoms with Crippen molar-refractivity contribution in [3.05, 3.63) is 39.3 Å². The fraction of sp³-hybridized carbons (Fsp3) is 0.167. The third-order valence-electron chi connectivity index (χ3n) is 2.88. The molecule has 1 aromatic heterocycles. The molecule has 6 heteroatoms. The molecule has 0 fully saturated rings. The molecule has 1 aliphatic heterocycles. The van der Waals surface area contributed by atoms with Crippen molar-refractivity contribution in [1.82, 2.24) is 4.98 Å². The molecule has 1 aliphatic rings. The van der Waals surface area contributed by atoms with Gasteiger partial charge in [-0.05, 0) is 0 Å². The Hall–Kier alpha value is -1.29. The summed E-state index contributed by atoms with van der Waals surface area (Å²) in [5.74, 6) is 0.680. The standard InChI is InChI=1S/C12H10ClN3OSe/c13-7-3-1-2-6(4-7)8-5-9(17)15-11-10(8)18-12(14)16-11/h1-4,8H,5H2,(H2,14,16)(H,15,17). The predicted octanol–water partition coefficient (Wildman–Crippen LogP) is 1.85. The minimum atomic E-state index is -0.0204. The van der Waals surface area contributed by atoms with E-state index in [0.717, 1.165) is 10.0 Å². The molecule has 1 aromatic carbocycles. The minimum absolute atomic E-state index is 0.0204. The van der Waals surface area contributed by atoms with Crippen molar-refractivity contribution in [1.29, 1.82) is 0 Å². The molecule has 18 heavy (non-hydrogen) atoms. The van der Waals surface area contributed by atoms with Gasteiger partial charge in [0.1, 0.15) is 0 Å². The zero-order chi connectivity index (χ0) is 12.7. The number of nitrogens with zero attached hydrogens (tertiary/aromatic N) is 1. The second kappa shape index (κ2) is 4.43. The van der Waals surface area contributed by atoms with E-state index in [4.69, 9.17) is 17.3 Å². The Kier molecular flexibility index (Phi) is 2.90. The molecular formula is C12H10ClN3OSe. The van der Waals surface area contributed by atoms with Gasteiger partial charge in [-0.25, -0.2) is 0 Å². The molecule has 1 atom stereocenters. The molecule has 0 saturated carbocycles. The normalized spacial score (nSPS) is 18.3. The van der Waals surface area contributed by atoms with Crippen LogP contribution < -0.4 is 11.1 Å². The number of halogens is 1. The van der Waals surface area contributed by atoms with Crippen LogP contribution in [0.4, 0.5) is 10.5 Å². The van der Waals surface area contributed by atoms with Crippen LogP contribution in [-0.2, 0) is 4.79 Å². The molecule has 1 unspecified atom stereocenters. The average Bonchev–Trinajstić information content (AvgIpc) is 2.68. The van der Waals surface area contributed by atoms with Gasteiger partial charge in [0.15, 0.2) is 0 Å². The van der Waals surface area contributed by atoms with Gasteiger partial charge in [0.25, 0.3) is 0 Å². The Morgan fingerprint density at radius 1 is 1.50 bits per heavy atom. The second-order valence-corrected chi connectivity index (χ2v) is 6.79. The van der Waals surface area contributed by atoms with E-state index in [1.165, 1.54) is 0 Å². The van der Waals surface area contributed by atoms with Crippen LogP contribution in [0.2, 0.25) is 5.02 Å². The molecule has 4 nitrogen and oxygen atoms in total. The third kappa shape index (κ3) is 2.05. The zero-order valence-electron chi connectivity index (χ0n) is 9.31. The fourth-order valence-corrected chi connectivity index (χ4v) is 4.25. The van der Waals surface area contributed by atoms with E-state index in [9.17, 15) is 4.79 Å².